The van der Waals surface area contributed by atoms with Crippen LogP contribution >= 0.6 is 11.6 Å². The van der Waals surface area contributed by atoms with Gasteiger partial charge in [0.15, 0.2) is 5.58 Å². The van der Waals surface area contributed by atoms with Crippen molar-refractivity contribution in [2.45, 2.75) is 13.5 Å². The van der Waals surface area contributed by atoms with Crippen LogP contribution < -0.4 is 5.32 Å². The Morgan fingerprint density at radius 3 is 2.92 bits per heavy atom. The number of fused-ring (bicyclic) bond motifs is 1. The summed E-state index contributed by atoms with van der Waals surface area (Å²) in [5.74, 6) is 0.856. The maximum Gasteiger partial charge on any atom is 0.297 e. The van der Waals surface area contributed by atoms with Crippen molar-refractivity contribution in [2.75, 3.05) is 5.32 Å². The van der Waals surface area contributed by atoms with Gasteiger partial charge in [-0.25, -0.2) is 9.97 Å². The molecule has 4 aromatic rings. The summed E-state index contributed by atoms with van der Waals surface area (Å²) in [6.07, 6.45) is 3.43. The third kappa shape index (κ3) is 3.01. The number of aromatic amines is 1. The van der Waals surface area contributed by atoms with Gasteiger partial charge in [-0.3, -0.25) is 0 Å². The molecule has 4 rings (SSSR count). The number of benzene rings is 1. The van der Waals surface area contributed by atoms with E-state index in [1.165, 1.54) is 6.07 Å². The molecular formula is C17H14ClN5O2. The molecule has 3 heterocycles. The van der Waals surface area contributed by atoms with Crippen LogP contribution in [0, 0.1) is 6.92 Å². The highest BCUT2D eigenvalue weighted by atomic mass is 35.5. The molecule has 3 N–H and O–H groups in total. The first-order valence-corrected chi connectivity index (χ1v) is 7.97. The van der Waals surface area contributed by atoms with Crippen LogP contribution in [0.2, 0.25) is 5.02 Å². The predicted octanol–water partition coefficient (Wildman–Crippen LogP) is 3.89. The number of nitrogens with zero attached hydrogens (tertiary/aromatic N) is 3. The highest BCUT2D eigenvalue weighted by Gasteiger charge is 2.14. The van der Waals surface area contributed by atoms with Gasteiger partial charge < -0.3 is 19.8 Å². The van der Waals surface area contributed by atoms with Gasteiger partial charge in [0, 0.05) is 23.0 Å². The number of imidazole rings is 1. The molecule has 0 saturated carbocycles. The first-order chi connectivity index (χ1) is 12.1. The van der Waals surface area contributed by atoms with Crippen LogP contribution in [0.5, 0.6) is 5.75 Å². The van der Waals surface area contributed by atoms with E-state index in [9.17, 15) is 5.11 Å². The number of halogens is 1. The van der Waals surface area contributed by atoms with Gasteiger partial charge in [0.05, 0.1) is 12.2 Å². The zero-order chi connectivity index (χ0) is 17.4. The van der Waals surface area contributed by atoms with E-state index in [2.05, 4.69) is 25.3 Å². The highest BCUT2D eigenvalue weighted by Crippen LogP contribution is 2.35. The number of aryl methyl sites for hydroxylation is 1. The third-order valence-corrected chi connectivity index (χ3v) is 3.97. The maximum absolute atomic E-state index is 10.2. The van der Waals surface area contributed by atoms with Crippen LogP contribution in [0.1, 0.15) is 11.4 Å². The second-order valence-corrected chi connectivity index (χ2v) is 5.98. The zero-order valence-corrected chi connectivity index (χ0v) is 14.0. The largest absolute Gasteiger partial charge is 0.507 e. The summed E-state index contributed by atoms with van der Waals surface area (Å²) in [5, 5.41) is 13.7. The number of rotatable bonds is 4. The standard InChI is InChI=1S/C17H14ClN5O2/c1-9-6-10(18)7-12(24)15(9)11-2-3-13-16(22-11)23-17(25-13)21-8-14-19-4-5-20-14/h2-7,24H,8H2,1H3,(H,19,20)(H,21,22,23). The summed E-state index contributed by atoms with van der Waals surface area (Å²) in [4.78, 5) is 15.9. The normalized spacial score (nSPS) is 11.1. The Labute approximate surface area is 147 Å². The lowest BCUT2D eigenvalue weighted by Gasteiger charge is -2.08. The molecule has 8 heteroatoms. The van der Waals surface area contributed by atoms with Gasteiger partial charge >= 0.3 is 0 Å². The van der Waals surface area contributed by atoms with Gasteiger partial charge in [-0.1, -0.05) is 11.6 Å². The number of phenolic OH excluding ortho intramolecular Hbond substituents is 1. The maximum atomic E-state index is 10.2. The number of pyridine rings is 1. The van der Waals surface area contributed by atoms with Gasteiger partial charge in [0.25, 0.3) is 6.01 Å². The second-order valence-electron chi connectivity index (χ2n) is 5.54. The minimum absolute atomic E-state index is 0.0801. The topological polar surface area (TPSA) is 99.9 Å². The van der Waals surface area contributed by atoms with Crippen molar-refractivity contribution in [3.63, 3.8) is 0 Å². The van der Waals surface area contributed by atoms with E-state index >= 15 is 0 Å². The number of H-pyrrole nitrogens is 1. The van der Waals surface area contributed by atoms with Crippen molar-refractivity contribution >= 4 is 28.8 Å². The van der Waals surface area contributed by atoms with Crippen LogP contribution in [0.3, 0.4) is 0 Å². The number of hydrogen-bond acceptors (Lipinski definition) is 6. The van der Waals surface area contributed by atoms with Crippen LogP contribution in [-0.2, 0) is 6.54 Å². The van der Waals surface area contributed by atoms with Gasteiger partial charge in [-0.15, -0.1) is 0 Å². The predicted molar refractivity (Wildman–Crippen MR) is 94.6 cm³/mol. The first kappa shape index (κ1) is 15.5. The number of hydrogen-bond donors (Lipinski definition) is 3. The molecule has 1 aromatic carbocycles. The SMILES string of the molecule is Cc1cc(Cl)cc(O)c1-c1ccc2oc(NCc3ncc[nH]3)nc2n1. The fourth-order valence-corrected chi connectivity index (χ4v) is 2.91. The molecule has 0 aliphatic rings. The highest BCUT2D eigenvalue weighted by molar-refractivity contribution is 6.31. The van der Waals surface area contributed by atoms with Gasteiger partial charge in [-0.05, 0) is 36.8 Å². The molecule has 0 bridgehead atoms. The molecule has 25 heavy (non-hydrogen) atoms. The molecule has 0 aliphatic heterocycles. The summed E-state index contributed by atoms with van der Waals surface area (Å²) >= 11 is 5.96. The quantitative estimate of drug-likeness (QED) is 0.513. The zero-order valence-electron chi connectivity index (χ0n) is 13.2. The Morgan fingerprint density at radius 2 is 2.16 bits per heavy atom. The lowest BCUT2D eigenvalue weighted by molar-refractivity contribution is 0.477. The number of nitrogens with one attached hydrogen (secondary N) is 2. The summed E-state index contributed by atoms with van der Waals surface area (Å²) in [6, 6.07) is 7.18. The van der Waals surface area contributed by atoms with E-state index in [0.29, 0.717) is 40.1 Å². The average molecular weight is 356 g/mol. The van der Waals surface area contributed by atoms with E-state index in [0.717, 1.165) is 11.4 Å². The molecule has 0 spiro atoms. The molecule has 3 aromatic heterocycles. The number of oxazole rings is 1. The van der Waals surface area contributed by atoms with Crippen molar-refractivity contribution in [2.24, 2.45) is 0 Å². The number of phenols is 1. The molecule has 0 radical (unpaired) electrons. The molecule has 0 fully saturated rings. The molecule has 0 unspecified atom stereocenters. The smallest absolute Gasteiger partial charge is 0.297 e. The summed E-state index contributed by atoms with van der Waals surface area (Å²) in [5.41, 5.74) is 3.06. The Bertz CT molecular complexity index is 1020. The molecule has 0 atom stereocenters. The van der Waals surface area contributed by atoms with E-state index in [-0.39, 0.29) is 5.75 Å². The van der Waals surface area contributed by atoms with E-state index in [1.807, 2.05) is 6.92 Å². The van der Waals surface area contributed by atoms with Crippen molar-refractivity contribution < 1.29 is 9.52 Å². The summed E-state index contributed by atoms with van der Waals surface area (Å²) in [7, 11) is 0. The minimum Gasteiger partial charge on any atom is -0.507 e. The van der Waals surface area contributed by atoms with Crippen LogP contribution in [-0.4, -0.2) is 25.0 Å². The molecular weight excluding hydrogens is 342 g/mol. The first-order valence-electron chi connectivity index (χ1n) is 7.59. The Balaban J connectivity index is 1.66. The molecule has 7 nitrogen and oxygen atoms in total. The van der Waals surface area contributed by atoms with Crippen LogP contribution in [0.15, 0.2) is 41.1 Å². The van der Waals surface area contributed by atoms with Crippen molar-refractivity contribution in [1.29, 1.82) is 0 Å². The number of aromatic hydroxyl groups is 1. The second kappa shape index (κ2) is 6.10. The Kier molecular flexibility index (Phi) is 3.77. The molecule has 0 amide bonds. The van der Waals surface area contributed by atoms with E-state index in [4.69, 9.17) is 16.0 Å². The molecule has 126 valence electrons. The lowest BCUT2D eigenvalue weighted by atomic mass is 10.0. The average Bonchev–Trinajstić information content (AvgIpc) is 3.20. The summed E-state index contributed by atoms with van der Waals surface area (Å²) in [6.45, 7) is 2.33. The summed E-state index contributed by atoms with van der Waals surface area (Å²) < 4.78 is 5.63. The van der Waals surface area contributed by atoms with Crippen molar-refractivity contribution in [1.82, 2.24) is 19.9 Å². The van der Waals surface area contributed by atoms with Crippen LogP contribution in [0.25, 0.3) is 22.5 Å². The van der Waals surface area contributed by atoms with Crippen LogP contribution in [0.4, 0.5) is 6.01 Å². The number of aromatic nitrogens is 4. The third-order valence-electron chi connectivity index (χ3n) is 3.75. The van der Waals surface area contributed by atoms with Gasteiger partial charge in [0.2, 0.25) is 5.65 Å². The fourth-order valence-electron chi connectivity index (χ4n) is 2.65. The van der Waals surface area contributed by atoms with Crippen molar-refractivity contribution in [3.05, 3.63) is 53.1 Å². The van der Waals surface area contributed by atoms with Crippen molar-refractivity contribution in [3.8, 4) is 17.0 Å². The Morgan fingerprint density at radius 1 is 1.28 bits per heavy atom. The fraction of sp³-hybridized carbons (Fsp3) is 0.118. The minimum atomic E-state index is 0.0801. The Hall–Kier alpha value is -3.06. The molecule has 0 aliphatic carbocycles. The van der Waals surface area contributed by atoms with E-state index < -0.39 is 0 Å². The van der Waals surface area contributed by atoms with Gasteiger partial charge in [0.1, 0.15) is 11.6 Å². The van der Waals surface area contributed by atoms with E-state index in [1.54, 1.807) is 30.6 Å². The number of anilines is 1. The van der Waals surface area contributed by atoms with Gasteiger partial charge in [-0.2, -0.15) is 4.98 Å². The molecule has 0 saturated heterocycles. The monoisotopic (exact) mass is 355 g/mol. The lowest BCUT2D eigenvalue weighted by Crippen LogP contribution is -2.00.